The van der Waals surface area contributed by atoms with Crippen LogP contribution in [0.4, 0.5) is 39.5 Å². The van der Waals surface area contributed by atoms with Gasteiger partial charge in [-0.3, -0.25) is 14.8 Å². The molecule has 0 fully saturated rings. The number of hydrogen-bond donors (Lipinski definition) is 1. The topological polar surface area (TPSA) is 72.0 Å². The Kier molecular flexibility index (Phi) is 9.06. The summed E-state index contributed by atoms with van der Waals surface area (Å²) in [5.41, 5.74) is -4.22. The molecule has 0 aliphatic carbocycles. The Balaban J connectivity index is 1.79. The molecular weight excluding hydrogens is 584 g/mol. The Hall–Kier alpha value is -3.06. The maximum Gasteiger partial charge on any atom is 0.417 e. The van der Waals surface area contributed by atoms with Gasteiger partial charge in [0.05, 0.1) is 22.9 Å². The summed E-state index contributed by atoms with van der Waals surface area (Å²) in [5.74, 6) is -0.952. The number of halogens is 9. The average molecular weight is 601 g/mol. The van der Waals surface area contributed by atoms with Gasteiger partial charge in [-0.1, -0.05) is 12.1 Å². The van der Waals surface area contributed by atoms with Crippen LogP contribution < -0.4 is 16.2 Å². The number of nitrogens with one attached hydrogen (secondary N) is 1. The fraction of sp³-hybridized carbons (Fsp3) is 0.261. The van der Waals surface area contributed by atoms with Gasteiger partial charge < -0.3 is 9.88 Å². The number of pyridine rings is 2. The first kappa shape index (κ1) is 30.5. The number of alkyl halides is 9. The van der Waals surface area contributed by atoms with E-state index in [0.29, 0.717) is 24.5 Å². The Bertz CT molecular complexity index is 1280. The lowest BCUT2D eigenvalue weighted by Crippen LogP contribution is -2.34. The van der Waals surface area contributed by atoms with E-state index in [-0.39, 0.29) is 17.2 Å². The third-order valence-corrected chi connectivity index (χ3v) is 8.95. The van der Waals surface area contributed by atoms with Crippen LogP contribution in [0.3, 0.4) is 0 Å². The number of nitrogens with zero attached hydrogens (tertiary/aromatic N) is 2. The van der Waals surface area contributed by atoms with Crippen LogP contribution >= 0.6 is 18.9 Å². The average Bonchev–Trinajstić information content (AvgIpc) is 2.85. The second-order valence-electron chi connectivity index (χ2n) is 7.90. The van der Waals surface area contributed by atoms with Gasteiger partial charge in [-0.15, -0.1) is 11.8 Å². The zero-order valence-electron chi connectivity index (χ0n) is 19.4. The molecule has 210 valence electrons. The molecule has 0 unspecified atom stereocenters. The second kappa shape index (κ2) is 11.6. The van der Waals surface area contributed by atoms with Crippen molar-refractivity contribution in [3.8, 4) is 0 Å². The number of amides is 1. The van der Waals surface area contributed by atoms with E-state index in [1.54, 1.807) is 0 Å². The summed E-state index contributed by atoms with van der Waals surface area (Å²) in [5, 5.41) is 2.35. The molecular formula is C23H17F9N3O2PS. The fourth-order valence-corrected chi connectivity index (χ4v) is 6.38. The minimum Gasteiger partial charge on any atom is -0.355 e. The highest BCUT2D eigenvalue weighted by molar-refractivity contribution is 7.99. The number of carbonyl (C=O) groups is 1. The van der Waals surface area contributed by atoms with E-state index in [1.165, 1.54) is 18.2 Å². The van der Waals surface area contributed by atoms with E-state index in [1.807, 2.05) is 0 Å². The van der Waals surface area contributed by atoms with Crippen molar-refractivity contribution in [1.82, 2.24) is 15.3 Å². The molecule has 0 spiro atoms. The van der Waals surface area contributed by atoms with E-state index in [4.69, 9.17) is 0 Å². The van der Waals surface area contributed by atoms with Gasteiger partial charge in [0, 0.05) is 29.6 Å². The van der Waals surface area contributed by atoms with Gasteiger partial charge in [-0.05, 0) is 36.4 Å². The molecule has 1 amide bonds. The van der Waals surface area contributed by atoms with Crippen molar-refractivity contribution >= 4 is 35.7 Å². The molecule has 0 aliphatic rings. The number of hydrogen-bond acceptors (Lipinski definition) is 5. The highest BCUT2D eigenvalue weighted by atomic mass is 32.2. The molecule has 0 atom stereocenters. The molecule has 2 heterocycles. The van der Waals surface area contributed by atoms with Gasteiger partial charge in [0.25, 0.3) is 0 Å². The first-order valence-corrected chi connectivity index (χ1v) is 13.6. The summed E-state index contributed by atoms with van der Waals surface area (Å²) < 4.78 is 131. The maximum atomic E-state index is 13.9. The fourth-order valence-electron chi connectivity index (χ4n) is 3.25. The largest absolute Gasteiger partial charge is 0.417 e. The molecule has 16 heteroatoms. The molecule has 39 heavy (non-hydrogen) atoms. The third kappa shape index (κ3) is 7.75. The minimum atomic E-state index is -4.78. The monoisotopic (exact) mass is 601 g/mol. The van der Waals surface area contributed by atoms with Crippen LogP contribution in [-0.2, 0) is 27.9 Å². The normalized spacial score (nSPS) is 12.8. The van der Waals surface area contributed by atoms with Crippen molar-refractivity contribution in [1.29, 1.82) is 0 Å². The predicted octanol–water partition coefficient (Wildman–Crippen LogP) is 5.76. The molecule has 0 bridgehead atoms. The van der Waals surface area contributed by atoms with Crippen molar-refractivity contribution in [3.05, 3.63) is 77.6 Å². The summed E-state index contributed by atoms with van der Waals surface area (Å²) in [6.45, 7) is -0.184. The van der Waals surface area contributed by atoms with Gasteiger partial charge in [0.1, 0.15) is 10.9 Å². The molecule has 2 aromatic heterocycles. The lowest BCUT2D eigenvalue weighted by Gasteiger charge is -2.18. The molecule has 0 aliphatic heterocycles. The van der Waals surface area contributed by atoms with Gasteiger partial charge in [-0.25, -0.2) is 0 Å². The third-order valence-electron chi connectivity index (χ3n) is 5.13. The zero-order valence-corrected chi connectivity index (χ0v) is 21.1. The van der Waals surface area contributed by atoms with Crippen LogP contribution in [0.2, 0.25) is 0 Å². The van der Waals surface area contributed by atoms with E-state index in [0.717, 1.165) is 30.0 Å². The van der Waals surface area contributed by atoms with Crippen LogP contribution in [0.15, 0.2) is 65.8 Å². The molecule has 0 radical (unpaired) electrons. The predicted molar refractivity (Wildman–Crippen MR) is 125 cm³/mol. The summed E-state index contributed by atoms with van der Waals surface area (Å²) in [6, 6.07) is 7.39. The number of rotatable bonds is 8. The Morgan fingerprint density at radius 1 is 0.769 bits per heavy atom. The van der Waals surface area contributed by atoms with Gasteiger partial charge in [0.15, 0.2) is 7.14 Å². The number of aromatic nitrogens is 2. The maximum absolute atomic E-state index is 13.9. The molecule has 3 rings (SSSR count). The van der Waals surface area contributed by atoms with Gasteiger partial charge in [-0.2, -0.15) is 39.5 Å². The van der Waals surface area contributed by atoms with Gasteiger partial charge in [0.2, 0.25) is 5.91 Å². The van der Waals surface area contributed by atoms with Crippen molar-refractivity contribution in [2.45, 2.75) is 23.4 Å². The lowest BCUT2D eigenvalue weighted by molar-refractivity contribution is -0.140. The first-order valence-electron chi connectivity index (χ1n) is 10.7. The lowest BCUT2D eigenvalue weighted by atomic mass is 10.2. The summed E-state index contributed by atoms with van der Waals surface area (Å²) in [7, 11) is -4.29. The smallest absolute Gasteiger partial charge is 0.355 e. The van der Waals surface area contributed by atoms with Crippen molar-refractivity contribution in [2.24, 2.45) is 0 Å². The molecule has 1 aromatic carbocycles. The molecule has 0 saturated heterocycles. The molecule has 5 nitrogen and oxygen atoms in total. The number of benzene rings is 1. The quantitative estimate of drug-likeness (QED) is 0.154. The molecule has 0 saturated carbocycles. The van der Waals surface area contributed by atoms with Crippen molar-refractivity contribution in [3.63, 3.8) is 0 Å². The van der Waals surface area contributed by atoms with Crippen molar-refractivity contribution in [2.75, 3.05) is 18.5 Å². The van der Waals surface area contributed by atoms with E-state index in [9.17, 15) is 48.9 Å². The van der Waals surface area contributed by atoms with Crippen LogP contribution in [-0.4, -0.2) is 34.3 Å². The highest BCUT2D eigenvalue weighted by Crippen LogP contribution is 2.43. The number of thioether (sulfide) groups is 1. The first-order chi connectivity index (χ1) is 18.0. The molecule has 3 aromatic rings. The number of carbonyl (C=O) groups excluding carboxylic acids is 1. The van der Waals surface area contributed by atoms with Crippen LogP contribution in [0, 0.1) is 0 Å². The van der Waals surface area contributed by atoms with E-state index >= 15 is 0 Å². The Morgan fingerprint density at radius 2 is 1.28 bits per heavy atom. The SMILES string of the molecule is O=C(CP(=O)(c1ccc(C(F)(F)F)cn1)c1ccc(C(F)(F)F)cn1)NCCSc1ccccc1C(F)(F)F. The zero-order chi connectivity index (χ0) is 29.1. The van der Waals surface area contributed by atoms with E-state index in [2.05, 4.69) is 15.3 Å². The van der Waals surface area contributed by atoms with Crippen LogP contribution in [0.1, 0.15) is 16.7 Å². The summed E-state index contributed by atoms with van der Waals surface area (Å²) in [6.07, 6.45) is -14.3. The van der Waals surface area contributed by atoms with Crippen molar-refractivity contribution < 1.29 is 48.9 Å². The van der Waals surface area contributed by atoms with Gasteiger partial charge >= 0.3 is 18.5 Å². The standard InChI is InChI=1S/C23H17F9N3O2PS/c24-21(25,26)14-5-7-19(34-11-14)38(37,20-8-6-15(12-35-20)22(27,28)29)13-18(36)33-9-10-39-17-4-2-1-3-16(17)23(30,31)32/h1-8,11-12H,9-10,13H2,(H,33,36). The van der Waals surface area contributed by atoms with Crippen LogP contribution in [0.25, 0.3) is 0 Å². The summed E-state index contributed by atoms with van der Waals surface area (Å²) in [4.78, 5) is 19.6. The molecule has 1 N–H and O–H groups in total. The Labute approximate surface area is 219 Å². The Morgan fingerprint density at radius 3 is 1.72 bits per heavy atom. The summed E-state index contributed by atoms with van der Waals surface area (Å²) >= 11 is 0.793. The second-order valence-corrected chi connectivity index (χ2v) is 11.7. The highest BCUT2D eigenvalue weighted by Gasteiger charge is 2.37. The van der Waals surface area contributed by atoms with Crippen LogP contribution in [0.5, 0.6) is 0 Å². The minimum absolute atomic E-state index is 0.0276. The van der Waals surface area contributed by atoms with E-state index < -0.39 is 65.3 Å².